The molecule has 3 heteroatoms. The van der Waals surface area contributed by atoms with Crippen molar-refractivity contribution in [2.75, 3.05) is 0 Å². The van der Waals surface area contributed by atoms with Gasteiger partial charge in [0.05, 0.1) is 12.2 Å². The summed E-state index contributed by atoms with van der Waals surface area (Å²) in [7, 11) is 0. The third kappa shape index (κ3) is 0.705. The second-order valence-corrected chi connectivity index (χ2v) is 3.38. The number of epoxide rings is 1. The lowest BCUT2D eigenvalue weighted by Crippen LogP contribution is -2.35. The molecule has 0 aromatic rings. The Bertz CT molecular complexity index is 162. The molecule has 2 nitrogen and oxygen atoms in total. The van der Waals surface area contributed by atoms with Crippen molar-refractivity contribution < 1.29 is 14.2 Å². The molecule has 58 valence electrons. The summed E-state index contributed by atoms with van der Waals surface area (Å²) in [5, 5.41) is 9.07. The van der Waals surface area contributed by atoms with Gasteiger partial charge in [0, 0.05) is 12.8 Å². The largest absolute Gasteiger partial charge is 0.393 e. The van der Waals surface area contributed by atoms with Crippen molar-refractivity contribution in [2.24, 2.45) is 0 Å². The van der Waals surface area contributed by atoms with E-state index in [2.05, 4.69) is 0 Å². The first-order valence-corrected chi connectivity index (χ1v) is 3.63. The van der Waals surface area contributed by atoms with Gasteiger partial charge in [-0.3, -0.25) is 0 Å². The van der Waals surface area contributed by atoms with Gasteiger partial charge in [0.1, 0.15) is 11.8 Å². The molecule has 1 saturated heterocycles. The van der Waals surface area contributed by atoms with Gasteiger partial charge in [-0.15, -0.1) is 0 Å². The van der Waals surface area contributed by atoms with Crippen LogP contribution in [-0.2, 0) is 4.74 Å². The van der Waals surface area contributed by atoms with Crippen LogP contribution in [0.5, 0.6) is 0 Å². The molecule has 0 aromatic heterocycles. The molecular formula is C7H11FO2. The van der Waals surface area contributed by atoms with Gasteiger partial charge in [-0.2, -0.15) is 0 Å². The first kappa shape index (κ1) is 6.55. The van der Waals surface area contributed by atoms with Crippen LogP contribution in [0.15, 0.2) is 0 Å². The molecule has 1 N–H and O–H groups in total. The van der Waals surface area contributed by atoms with Crippen molar-refractivity contribution in [1.82, 2.24) is 0 Å². The van der Waals surface area contributed by atoms with E-state index in [0.717, 1.165) is 0 Å². The lowest BCUT2D eigenvalue weighted by Gasteiger charge is -2.21. The van der Waals surface area contributed by atoms with Crippen molar-refractivity contribution in [3.8, 4) is 0 Å². The molecule has 1 aliphatic heterocycles. The van der Waals surface area contributed by atoms with Gasteiger partial charge in [0.2, 0.25) is 0 Å². The predicted molar refractivity (Wildman–Crippen MR) is 33.4 cm³/mol. The summed E-state index contributed by atoms with van der Waals surface area (Å²) in [6.45, 7) is 1.77. The maximum absolute atomic E-state index is 13.0. The van der Waals surface area contributed by atoms with E-state index in [1.807, 2.05) is 0 Å². The summed E-state index contributed by atoms with van der Waals surface area (Å²) in [6.07, 6.45) is -0.632. The van der Waals surface area contributed by atoms with Crippen LogP contribution in [0.4, 0.5) is 4.39 Å². The summed E-state index contributed by atoms with van der Waals surface area (Å²) >= 11 is 0. The molecule has 2 rings (SSSR count). The third-order valence-electron chi connectivity index (χ3n) is 2.57. The van der Waals surface area contributed by atoms with Crippen molar-refractivity contribution in [3.63, 3.8) is 0 Å². The predicted octanol–water partition coefficient (Wildman–Crippen LogP) is 0.637. The highest BCUT2D eigenvalue weighted by Gasteiger charge is 2.61. The Morgan fingerprint density at radius 1 is 1.60 bits per heavy atom. The zero-order valence-corrected chi connectivity index (χ0v) is 5.88. The minimum Gasteiger partial charge on any atom is -0.393 e. The van der Waals surface area contributed by atoms with Gasteiger partial charge in [0.25, 0.3) is 0 Å². The number of rotatable bonds is 0. The monoisotopic (exact) mass is 146 g/mol. The highest BCUT2D eigenvalue weighted by Crippen LogP contribution is 2.48. The summed E-state index contributed by atoms with van der Waals surface area (Å²) in [5.41, 5.74) is -0.542. The van der Waals surface area contributed by atoms with Crippen LogP contribution in [0.3, 0.4) is 0 Å². The average molecular weight is 146 g/mol. The number of alkyl halides is 1. The molecule has 1 saturated carbocycles. The van der Waals surface area contributed by atoms with Gasteiger partial charge in [0.15, 0.2) is 0 Å². The fraction of sp³-hybridized carbons (Fsp3) is 1.00. The molecule has 0 aromatic carbocycles. The fourth-order valence-electron chi connectivity index (χ4n) is 1.65. The molecule has 0 radical (unpaired) electrons. The van der Waals surface area contributed by atoms with Crippen molar-refractivity contribution in [3.05, 3.63) is 0 Å². The van der Waals surface area contributed by atoms with Gasteiger partial charge < -0.3 is 9.84 Å². The minimum atomic E-state index is -0.971. The minimum absolute atomic E-state index is 0.0220. The quantitative estimate of drug-likeness (QED) is 0.508. The molecule has 1 aliphatic carbocycles. The van der Waals surface area contributed by atoms with Gasteiger partial charge in [-0.1, -0.05) is 0 Å². The second-order valence-electron chi connectivity index (χ2n) is 3.38. The van der Waals surface area contributed by atoms with Crippen LogP contribution >= 0.6 is 0 Å². The summed E-state index contributed by atoms with van der Waals surface area (Å²) in [6, 6.07) is 0. The first-order valence-electron chi connectivity index (χ1n) is 3.63. The Balaban J connectivity index is 2.09. The number of aliphatic hydroxyl groups is 1. The molecular weight excluding hydrogens is 135 g/mol. The van der Waals surface area contributed by atoms with Crippen LogP contribution in [0.2, 0.25) is 0 Å². The molecule has 2 aliphatic rings. The van der Waals surface area contributed by atoms with E-state index in [9.17, 15) is 4.39 Å². The molecule has 10 heavy (non-hydrogen) atoms. The van der Waals surface area contributed by atoms with Crippen LogP contribution in [0.1, 0.15) is 19.8 Å². The number of hydrogen-bond donors (Lipinski definition) is 1. The van der Waals surface area contributed by atoms with E-state index >= 15 is 0 Å². The van der Waals surface area contributed by atoms with E-state index in [4.69, 9.17) is 9.84 Å². The van der Waals surface area contributed by atoms with Crippen LogP contribution in [0.25, 0.3) is 0 Å². The van der Waals surface area contributed by atoms with Crippen molar-refractivity contribution >= 4 is 0 Å². The van der Waals surface area contributed by atoms with Crippen molar-refractivity contribution in [1.29, 1.82) is 0 Å². The van der Waals surface area contributed by atoms with E-state index in [-0.39, 0.29) is 12.5 Å². The Hall–Kier alpha value is -0.150. The lowest BCUT2D eigenvalue weighted by atomic mass is 9.87. The highest BCUT2D eigenvalue weighted by molar-refractivity contribution is 5.09. The standard InChI is InChI=1S/C7H11FO2/c1-7-5(8)2-4(9)3-6(7)10-7/h4-6,9H,2-3H2,1H3. The lowest BCUT2D eigenvalue weighted by molar-refractivity contribution is 0.0766. The Kier molecular flexibility index (Phi) is 1.12. The Labute approximate surface area is 59.0 Å². The molecule has 0 bridgehead atoms. The fourth-order valence-corrected chi connectivity index (χ4v) is 1.65. The number of aliphatic hydroxyl groups excluding tert-OH is 1. The molecule has 1 heterocycles. The summed E-state index contributed by atoms with van der Waals surface area (Å²) in [5.74, 6) is 0. The molecule has 4 atom stereocenters. The normalized spacial score (nSPS) is 59.7. The van der Waals surface area contributed by atoms with Gasteiger partial charge in [-0.25, -0.2) is 4.39 Å². The topological polar surface area (TPSA) is 32.8 Å². The average Bonchev–Trinajstić information content (AvgIpc) is 2.42. The second kappa shape index (κ2) is 1.71. The Morgan fingerprint density at radius 2 is 2.30 bits per heavy atom. The maximum Gasteiger partial charge on any atom is 0.134 e. The smallest absolute Gasteiger partial charge is 0.134 e. The SMILES string of the molecule is CC12OC1CC(O)CC2F. The van der Waals surface area contributed by atoms with Crippen LogP contribution in [0, 0.1) is 0 Å². The van der Waals surface area contributed by atoms with Gasteiger partial charge >= 0.3 is 0 Å². The number of halogens is 1. The van der Waals surface area contributed by atoms with E-state index < -0.39 is 17.9 Å². The number of ether oxygens (including phenoxy) is 1. The maximum atomic E-state index is 13.0. The third-order valence-corrected chi connectivity index (χ3v) is 2.57. The molecule has 0 amide bonds. The zero-order chi connectivity index (χ0) is 7.35. The summed E-state index contributed by atoms with van der Waals surface area (Å²) < 4.78 is 18.1. The van der Waals surface area contributed by atoms with Crippen molar-refractivity contribution in [2.45, 2.75) is 43.7 Å². The van der Waals surface area contributed by atoms with E-state index in [1.165, 1.54) is 0 Å². The molecule has 0 spiro atoms. The number of hydrogen-bond acceptors (Lipinski definition) is 2. The Morgan fingerprint density at radius 3 is 2.90 bits per heavy atom. The van der Waals surface area contributed by atoms with E-state index in [0.29, 0.717) is 6.42 Å². The highest BCUT2D eigenvalue weighted by atomic mass is 19.1. The first-order chi connectivity index (χ1) is 4.63. The van der Waals surface area contributed by atoms with Crippen LogP contribution < -0.4 is 0 Å². The molecule has 4 unspecified atom stereocenters. The zero-order valence-electron chi connectivity index (χ0n) is 5.88. The molecule has 2 fully saturated rings. The number of fused-ring (bicyclic) bond motifs is 1. The summed E-state index contributed by atoms with van der Waals surface area (Å²) in [4.78, 5) is 0. The van der Waals surface area contributed by atoms with Crippen LogP contribution in [-0.4, -0.2) is 29.1 Å². The van der Waals surface area contributed by atoms with E-state index in [1.54, 1.807) is 6.92 Å². The van der Waals surface area contributed by atoms with Gasteiger partial charge in [-0.05, 0) is 6.92 Å².